The highest BCUT2D eigenvalue weighted by Crippen LogP contribution is 2.37. The van der Waals surface area contributed by atoms with Gasteiger partial charge >= 0.3 is 0 Å². The van der Waals surface area contributed by atoms with Crippen LogP contribution >= 0.6 is 0 Å². The van der Waals surface area contributed by atoms with Crippen molar-refractivity contribution in [3.05, 3.63) is 60.9 Å². The number of hydrogen-bond acceptors (Lipinski definition) is 6. The molecular weight excluding hydrogens is 388 g/mol. The van der Waals surface area contributed by atoms with Crippen LogP contribution in [0, 0.1) is 5.41 Å². The van der Waals surface area contributed by atoms with E-state index < -0.39 is 0 Å². The number of hydrogen-bond donors (Lipinski definition) is 2. The Kier molecular flexibility index (Phi) is 4.82. The molecule has 31 heavy (non-hydrogen) atoms. The van der Waals surface area contributed by atoms with Gasteiger partial charge in [-0.25, -0.2) is 14.6 Å². The maximum atomic E-state index is 6.27. The maximum Gasteiger partial charge on any atom is 0.164 e. The fraction of sp³-hybridized carbons (Fsp3) is 0.292. The molecule has 1 atom stereocenters. The van der Waals surface area contributed by atoms with E-state index in [9.17, 15) is 0 Å². The van der Waals surface area contributed by atoms with Gasteiger partial charge in [0.15, 0.2) is 5.65 Å². The molecule has 3 N–H and O–H groups in total. The normalized spacial score (nSPS) is 16.1. The van der Waals surface area contributed by atoms with Gasteiger partial charge in [0.25, 0.3) is 0 Å². The number of benzene rings is 2. The summed E-state index contributed by atoms with van der Waals surface area (Å²) in [7, 11) is 0. The van der Waals surface area contributed by atoms with E-state index in [0.717, 1.165) is 53.3 Å². The molecule has 1 aliphatic rings. The third-order valence-corrected chi connectivity index (χ3v) is 5.93. The first-order valence-electron chi connectivity index (χ1n) is 10.6. The number of nitrogens with one attached hydrogen (secondary N) is 1. The highest BCUT2D eigenvalue weighted by atomic mass is 16.5. The second-order valence-electron chi connectivity index (χ2n) is 8.66. The summed E-state index contributed by atoms with van der Waals surface area (Å²) in [5, 5.41) is 9.12. The lowest BCUT2D eigenvalue weighted by Gasteiger charge is -2.41. The molecule has 0 bridgehead atoms. The van der Waals surface area contributed by atoms with Crippen LogP contribution < -0.4 is 15.8 Å². The van der Waals surface area contributed by atoms with Crippen molar-refractivity contribution in [2.24, 2.45) is 5.41 Å². The molecule has 1 aliphatic heterocycles. The van der Waals surface area contributed by atoms with Gasteiger partial charge in [-0.1, -0.05) is 25.1 Å². The van der Waals surface area contributed by atoms with Crippen LogP contribution in [0.2, 0.25) is 0 Å². The number of rotatable bonds is 6. The van der Waals surface area contributed by atoms with Gasteiger partial charge in [-0.15, -0.1) is 0 Å². The fourth-order valence-electron chi connectivity index (χ4n) is 4.31. The molecule has 2 aromatic heterocycles. The summed E-state index contributed by atoms with van der Waals surface area (Å²) in [5.41, 5.74) is 9.07. The van der Waals surface area contributed by atoms with Gasteiger partial charge in [0, 0.05) is 18.7 Å². The van der Waals surface area contributed by atoms with Crippen LogP contribution in [0.15, 0.2) is 60.9 Å². The average Bonchev–Trinajstić information content (AvgIpc) is 3.15. The number of nitrogens with two attached hydrogens (primary N) is 1. The zero-order valence-electron chi connectivity index (χ0n) is 17.7. The summed E-state index contributed by atoms with van der Waals surface area (Å²) in [6.45, 7) is 6.56. The van der Waals surface area contributed by atoms with Gasteiger partial charge < -0.3 is 15.8 Å². The highest BCUT2D eigenvalue weighted by Gasteiger charge is 2.34. The first kappa shape index (κ1) is 19.5. The zero-order chi connectivity index (χ0) is 21.4. The summed E-state index contributed by atoms with van der Waals surface area (Å²) in [5.74, 6) is 2.01. The lowest BCUT2D eigenvalue weighted by atomic mass is 9.78. The van der Waals surface area contributed by atoms with Crippen LogP contribution in [0.1, 0.15) is 26.3 Å². The van der Waals surface area contributed by atoms with Crippen molar-refractivity contribution in [1.29, 1.82) is 0 Å². The molecule has 0 aliphatic carbocycles. The topological polar surface area (TPSA) is 90.9 Å². The summed E-state index contributed by atoms with van der Waals surface area (Å²) in [6, 6.07) is 17.8. The zero-order valence-corrected chi connectivity index (χ0v) is 17.7. The number of fused-ring (bicyclic) bond motifs is 1. The first-order chi connectivity index (χ1) is 15.0. The molecule has 1 saturated heterocycles. The smallest absolute Gasteiger partial charge is 0.164 e. The number of nitrogen functional groups attached to an aromatic ring is 1. The Morgan fingerprint density at radius 1 is 1.06 bits per heavy atom. The Bertz CT molecular complexity index is 1200. The Hall–Kier alpha value is -3.45. The van der Waals surface area contributed by atoms with Crippen LogP contribution in [-0.4, -0.2) is 32.8 Å². The van der Waals surface area contributed by atoms with Crippen molar-refractivity contribution in [3.8, 4) is 22.8 Å². The molecule has 0 spiro atoms. The van der Waals surface area contributed by atoms with Crippen molar-refractivity contribution >= 4 is 16.9 Å². The Labute approximate surface area is 181 Å². The Morgan fingerprint density at radius 3 is 2.45 bits per heavy atom. The van der Waals surface area contributed by atoms with Crippen LogP contribution in [-0.2, 0) is 0 Å². The molecule has 158 valence electrons. The third kappa shape index (κ3) is 3.72. The number of para-hydroxylation sites is 1. The molecular formula is C24H26N6O. The van der Waals surface area contributed by atoms with E-state index in [0.29, 0.717) is 5.82 Å². The molecule has 4 aromatic rings. The van der Waals surface area contributed by atoms with E-state index in [2.05, 4.69) is 29.1 Å². The van der Waals surface area contributed by atoms with Crippen LogP contribution in [0.4, 0.5) is 5.82 Å². The van der Waals surface area contributed by atoms with Gasteiger partial charge in [-0.2, -0.15) is 5.10 Å². The minimum absolute atomic E-state index is 0.193. The summed E-state index contributed by atoms with van der Waals surface area (Å²) in [6.07, 6.45) is 2.53. The van der Waals surface area contributed by atoms with Gasteiger partial charge in [0.1, 0.15) is 29.3 Å². The van der Waals surface area contributed by atoms with E-state index in [1.165, 1.54) is 6.33 Å². The molecule has 0 amide bonds. The van der Waals surface area contributed by atoms with E-state index in [-0.39, 0.29) is 11.5 Å². The maximum absolute atomic E-state index is 6.27. The molecule has 1 fully saturated rings. The lowest BCUT2D eigenvalue weighted by Crippen LogP contribution is -2.52. The standard InChI is InChI=1S/C24H26N6O/c1-16(12-24(2)13-26-14-24)30-23-20(22(25)27-15-28-23)21(29-30)17-8-10-19(11-9-17)31-18-6-4-3-5-7-18/h3-11,15-16,26H,12-14H2,1-2H3,(H2,25,27,28). The number of nitrogens with zero attached hydrogens (tertiary/aromatic N) is 4. The Balaban J connectivity index is 1.49. The minimum atomic E-state index is 0.193. The number of anilines is 1. The number of ether oxygens (including phenoxy) is 1. The SMILES string of the molecule is CC(CC1(C)CNC1)n1nc(-c2ccc(Oc3ccccc3)cc2)c2c(N)ncnc21. The summed E-state index contributed by atoms with van der Waals surface area (Å²) < 4.78 is 7.92. The molecule has 2 aromatic carbocycles. The minimum Gasteiger partial charge on any atom is -0.457 e. The van der Waals surface area contributed by atoms with Gasteiger partial charge in [-0.05, 0) is 55.2 Å². The molecule has 3 heterocycles. The monoisotopic (exact) mass is 414 g/mol. The third-order valence-electron chi connectivity index (χ3n) is 5.93. The second kappa shape index (κ2) is 7.67. The summed E-state index contributed by atoms with van der Waals surface area (Å²) >= 11 is 0. The van der Waals surface area contributed by atoms with Gasteiger partial charge in [-0.3, -0.25) is 0 Å². The summed E-state index contributed by atoms with van der Waals surface area (Å²) in [4.78, 5) is 8.75. The van der Waals surface area contributed by atoms with Crippen molar-refractivity contribution in [2.75, 3.05) is 18.8 Å². The molecule has 0 radical (unpaired) electrons. The van der Waals surface area contributed by atoms with Crippen LogP contribution in [0.3, 0.4) is 0 Å². The van der Waals surface area contributed by atoms with Crippen LogP contribution in [0.5, 0.6) is 11.5 Å². The van der Waals surface area contributed by atoms with Gasteiger partial charge in [0.2, 0.25) is 0 Å². The largest absolute Gasteiger partial charge is 0.457 e. The van der Waals surface area contributed by atoms with Crippen molar-refractivity contribution in [1.82, 2.24) is 25.1 Å². The predicted molar refractivity (Wildman–Crippen MR) is 122 cm³/mol. The molecule has 7 nitrogen and oxygen atoms in total. The molecule has 7 heteroatoms. The van der Waals surface area contributed by atoms with E-state index >= 15 is 0 Å². The van der Waals surface area contributed by atoms with Gasteiger partial charge in [0.05, 0.1) is 11.4 Å². The van der Waals surface area contributed by atoms with E-state index in [1.807, 2.05) is 59.3 Å². The fourth-order valence-corrected chi connectivity index (χ4v) is 4.31. The van der Waals surface area contributed by atoms with Crippen molar-refractivity contribution < 1.29 is 4.74 Å². The van der Waals surface area contributed by atoms with E-state index in [4.69, 9.17) is 15.6 Å². The Morgan fingerprint density at radius 2 is 1.77 bits per heavy atom. The lowest BCUT2D eigenvalue weighted by molar-refractivity contribution is 0.151. The van der Waals surface area contributed by atoms with E-state index in [1.54, 1.807) is 0 Å². The molecule has 5 rings (SSSR count). The highest BCUT2D eigenvalue weighted by molar-refractivity contribution is 5.98. The average molecular weight is 415 g/mol. The molecule has 1 unspecified atom stereocenters. The second-order valence-corrected chi connectivity index (χ2v) is 8.66. The van der Waals surface area contributed by atoms with Crippen molar-refractivity contribution in [3.63, 3.8) is 0 Å². The van der Waals surface area contributed by atoms with Crippen molar-refractivity contribution in [2.45, 2.75) is 26.3 Å². The van der Waals surface area contributed by atoms with Crippen LogP contribution in [0.25, 0.3) is 22.3 Å². The number of aromatic nitrogens is 4. The first-order valence-corrected chi connectivity index (χ1v) is 10.6. The predicted octanol–water partition coefficient (Wildman–Crippen LogP) is 4.43. The molecule has 0 saturated carbocycles. The quantitative estimate of drug-likeness (QED) is 0.485.